The van der Waals surface area contributed by atoms with Gasteiger partial charge in [0.2, 0.25) is 0 Å². The highest BCUT2D eigenvalue weighted by Crippen LogP contribution is 2.19. The Hall–Kier alpha value is -2.36. The number of ketones is 1. The third-order valence-electron chi connectivity index (χ3n) is 3.23. The van der Waals surface area contributed by atoms with Gasteiger partial charge in [0, 0.05) is 17.8 Å². The SMILES string of the molecule is CCn1ncc(/C=C/C(=O)c2ccccc2OC)c1C. The van der Waals surface area contributed by atoms with Gasteiger partial charge in [0.1, 0.15) is 5.75 Å². The normalized spacial score (nSPS) is 10.9. The molecule has 0 saturated carbocycles. The summed E-state index contributed by atoms with van der Waals surface area (Å²) in [5.74, 6) is 0.509. The first-order chi connectivity index (χ1) is 9.67. The number of aryl methyl sites for hydroxylation is 1. The number of allylic oxidation sites excluding steroid dienone is 1. The van der Waals surface area contributed by atoms with Gasteiger partial charge < -0.3 is 4.74 Å². The highest BCUT2D eigenvalue weighted by molar-refractivity contribution is 6.08. The second kappa shape index (κ2) is 6.19. The summed E-state index contributed by atoms with van der Waals surface area (Å²) in [5, 5.41) is 4.25. The minimum Gasteiger partial charge on any atom is -0.496 e. The summed E-state index contributed by atoms with van der Waals surface area (Å²) in [6.07, 6.45) is 5.12. The molecule has 2 aromatic rings. The van der Waals surface area contributed by atoms with E-state index in [1.807, 2.05) is 30.7 Å². The first kappa shape index (κ1) is 14.1. The Morgan fingerprint density at radius 2 is 2.15 bits per heavy atom. The van der Waals surface area contributed by atoms with Crippen molar-refractivity contribution in [3.05, 3.63) is 53.4 Å². The maximum absolute atomic E-state index is 12.2. The number of carbonyl (C=O) groups is 1. The molecule has 0 N–H and O–H groups in total. The molecule has 1 aromatic carbocycles. The number of carbonyl (C=O) groups excluding carboxylic acids is 1. The van der Waals surface area contributed by atoms with Crippen LogP contribution in [0, 0.1) is 6.92 Å². The van der Waals surface area contributed by atoms with Crippen molar-refractivity contribution in [1.29, 1.82) is 0 Å². The molecule has 0 saturated heterocycles. The number of aromatic nitrogens is 2. The molecule has 2 rings (SSSR count). The lowest BCUT2D eigenvalue weighted by molar-refractivity contribution is 0.104. The number of benzene rings is 1. The number of methoxy groups -OCH3 is 1. The van der Waals surface area contributed by atoms with Gasteiger partial charge >= 0.3 is 0 Å². The first-order valence-corrected chi connectivity index (χ1v) is 6.55. The molecule has 0 aliphatic carbocycles. The van der Waals surface area contributed by atoms with Crippen molar-refractivity contribution in [2.45, 2.75) is 20.4 Å². The fourth-order valence-corrected chi connectivity index (χ4v) is 2.05. The van der Waals surface area contributed by atoms with Crippen LogP contribution in [0.3, 0.4) is 0 Å². The smallest absolute Gasteiger partial charge is 0.189 e. The first-order valence-electron chi connectivity index (χ1n) is 6.55. The van der Waals surface area contributed by atoms with Crippen molar-refractivity contribution in [1.82, 2.24) is 9.78 Å². The highest BCUT2D eigenvalue weighted by Gasteiger charge is 2.09. The van der Waals surface area contributed by atoms with Gasteiger partial charge in [-0.25, -0.2) is 0 Å². The maximum Gasteiger partial charge on any atom is 0.189 e. The van der Waals surface area contributed by atoms with Crippen LogP contribution in [0.4, 0.5) is 0 Å². The topological polar surface area (TPSA) is 44.1 Å². The van der Waals surface area contributed by atoms with Gasteiger partial charge in [-0.05, 0) is 38.1 Å². The van der Waals surface area contributed by atoms with E-state index in [9.17, 15) is 4.79 Å². The summed E-state index contributed by atoms with van der Waals surface area (Å²) in [4.78, 5) is 12.2. The Bertz CT molecular complexity index is 642. The quantitative estimate of drug-likeness (QED) is 0.619. The Balaban J connectivity index is 2.22. The second-order valence-corrected chi connectivity index (χ2v) is 4.40. The van der Waals surface area contributed by atoms with Gasteiger partial charge in [-0.2, -0.15) is 5.10 Å². The van der Waals surface area contributed by atoms with E-state index in [-0.39, 0.29) is 5.78 Å². The molecule has 0 radical (unpaired) electrons. The van der Waals surface area contributed by atoms with Crippen LogP contribution in [0.5, 0.6) is 5.75 Å². The van der Waals surface area contributed by atoms with Crippen LogP contribution < -0.4 is 4.74 Å². The molecule has 4 nitrogen and oxygen atoms in total. The van der Waals surface area contributed by atoms with E-state index in [1.54, 1.807) is 37.6 Å². The van der Waals surface area contributed by atoms with E-state index < -0.39 is 0 Å². The van der Waals surface area contributed by atoms with Gasteiger partial charge in [-0.3, -0.25) is 9.48 Å². The molecule has 0 fully saturated rings. The predicted octanol–water partition coefficient (Wildman–Crippen LogP) is 3.12. The van der Waals surface area contributed by atoms with Crippen molar-refractivity contribution in [2.24, 2.45) is 0 Å². The number of hydrogen-bond donors (Lipinski definition) is 0. The number of nitrogens with zero attached hydrogens (tertiary/aromatic N) is 2. The highest BCUT2D eigenvalue weighted by atomic mass is 16.5. The molecular weight excluding hydrogens is 252 g/mol. The second-order valence-electron chi connectivity index (χ2n) is 4.40. The van der Waals surface area contributed by atoms with Crippen LogP contribution in [0.2, 0.25) is 0 Å². The monoisotopic (exact) mass is 270 g/mol. The maximum atomic E-state index is 12.2. The molecule has 0 spiro atoms. The van der Waals surface area contributed by atoms with Crippen molar-refractivity contribution in [3.8, 4) is 5.75 Å². The Morgan fingerprint density at radius 3 is 2.80 bits per heavy atom. The van der Waals surface area contributed by atoms with Gasteiger partial charge in [0.25, 0.3) is 0 Å². The van der Waals surface area contributed by atoms with Crippen LogP contribution in [0.25, 0.3) is 6.08 Å². The molecular formula is C16H18N2O2. The summed E-state index contributed by atoms with van der Waals surface area (Å²) in [5.41, 5.74) is 2.57. The predicted molar refractivity (Wildman–Crippen MR) is 79.0 cm³/mol. The zero-order chi connectivity index (χ0) is 14.5. The fourth-order valence-electron chi connectivity index (χ4n) is 2.05. The van der Waals surface area contributed by atoms with E-state index >= 15 is 0 Å². The van der Waals surface area contributed by atoms with Crippen LogP contribution in [0.15, 0.2) is 36.5 Å². The molecule has 0 aliphatic heterocycles. The molecule has 4 heteroatoms. The molecule has 1 aromatic heterocycles. The lowest BCUT2D eigenvalue weighted by atomic mass is 10.1. The Morgan fingerprint density at radius 1 is 1.40 bits per heavy atom. The standard InChI is InChI=1S/C16H18N2O2/c1-4-18-12(2)13(11-17-18)9-10-15(19)14-7-5-6-8-16(14)20-3/h5-11H,4H2,1-3H3/b10-9+. The zero-order valence-corrected chi connectivity index (χ0v) is 12.0. The molecule has 20 heavy (non-hydrogen) atoms. The molecule has 1 heterocycles. The largest absolute Gasteiger partial charge is 0.496 e. The molecule has 0 unspecified atom stereocenters. The average Bonchev–Trinajstić information content (AvgIpc) is 2.85. The van der Waals surface area contributed by atoms with Crippen molar-refractivity contribution in [3.63, 3.8) is 0 Å². The summed E-state index contributed by atoms with van der Waals surface area (Å²) < 4.78 is 7.09. The lowest BCUT2D eigenvalue weighted by Gasteiger charge is -2.04. The Labute approximate surface area is 118 Å². The third-order valence-corrected chi connectivity index (χ3v) is 3.23. The van der Waals surface area contributed by atoms with Crippen LogP contribution in [0.1, 0.15) is 28.5 Å². The summed E-state index contributed by atoms with van der Waals surface area (Å²) in [7, 11) is 1.56. The van der Waals surface area contributed by atoms with Crippen LogP contribution in [-0.2, 0) is 6.54 Å². The lowest BCUT2D eigenvalue weighted by Crippen LogP contribution is -1.99. The van der Waals surface area contributed by atoms with E-state index in [2.05, 4.69) is 5.10 Å². The van der Waals surface area contributed by atoms with Gasteiger partial charge in [0.15, 0.2) is 5.78 Å². The van der Waals surface area contributed by atoms with Gasteiger partial charge in [-0.15, -0.1) is 0 Å². The number of rotatable bonds is 5. The van der Waals surface area contributed by atoms with E-state index in [0.29, 0.717) is 11.3 Å². The van der Waals surface area contributed by atoms with Gasteiger partial charge in [0.05, 0.1) is 18.9 Å². The molecule has 104 valence electrons. The van der Waals surface area contributed by atoms with E-state index in [0.717, 1.165) is 17.8 Å². The van der Waals surface area contributed by atoms with E-state index in [1.165, 1.54) is 0 Å². The number of hydrogen-bond acceptors (Lipinski definition) is 3. The van der Waals surface area contributed by atoms with Crippen LogP contribution >= 0.6 is 0 Å². The molecule has 0 bridgehead atoms. The fraction of sp³-hybridized carbons (Fsp3) is 0.250. The summed E-state index contributed by atoms with van der Waals surface area (Å²) >= 11 is 0. The minimum atomic E-state index is -0.0777. The summed E-state index contributed by atoms with van der Waals surface area (Å²) in [6.45, 7) is 4.84. The van der Waals surface area contributed by atoms with E-state index in [4.69, 9.17) is 4.74 Å². The molecule has 0 amide bonds. The zero-order valence-electron chi connectivity index (χ0n) is 12.0. The van der Waals surface area contributed by atoms with Crippen molar-refractivity contribution in [2.75, 3.05) is 7.11 Å². The van der Waals surface area contributed by atoms with Crippen molar-refractivity contribution >= 4 is 11.9 Å². The Kier molecular flexibility index (Phi) is 4.35. The average molecular weight is 270 g/mol. The van der Waals surface area contributed by atoms with Gasteiger partial charge in [-0.1, -0.05) is 12.1 Å². The number of ether oxygens (including phenoxy) is 1. The minimum absolute atomic E-state index is 0.0777. The van der Waals surface area contributed by atoms with Crippen molar-refractivity contribution < 1.29 is 9.53 Å². The summed E-state index contributed by atoms with van der Waals surface area (Å²) in [6, 6.07) is 7.20. The third kappa shape index (κ3) is 2.79. The molecule has 0 aliphatic rings. The van der Waals surface area contributed by atoms with Crippen LogP contribution in [-0.4, -0.2) is 22.7 Å². The molecule has 0 atom stereocenters. The number of para-hydroxylation sites is 1.